The highest BCUT2D eigenvalue weighted by Gasteiger charge is 2.16. The Bertz CT molecular complexity index is 410. The van der Waals surface area contributed by atoms with Crippen molar-refractivity contribution in [3.63, 3.8) is 0 Å². The summed E-state index contributed by atoms with van der Waals surface area (Å²) in [7, 11) is 5.86. The smallest absolute Gasteiger partial charge is 0.270 e. The van der Waals surface area contributed by atoms with Gasteiger partial charge in [0.15, 0.2) is 0 Å². The van der Waals surface area contributed by atoms with E-state index in [1.807, 2.05) is 21.1 Å². The van der Waals surface area contributed by atoms with Crippen molar-refractivity contribution < 1.29 is 4.92 Å². The number of hydrogen-bond donors (Lipinski definition) is 1. The lowest BCUT2D eigenvalue weighted by molar-refractivity contribution is -0.384. The maximum atomic E-state index is 10.6. The zero-order valence-corrected chi connectivity index (χ0v) is 11.7. The molecule has 1 unspecified atom stereocenters. The third kappa shape index (κ3) is 3.76. The van der Waals surface area contributed by atoms with Crippen LogP contribution in [0.4, 0.5) is 5.69 Å². The van der Waals surface area contributed by atoms with Crippen molar-refractivity contribution in [2.24, 2.45) is 0 Å². The van der Waals surface area contributed by atoms with Crippen molar-refractivity contribution in [1.29, 1.82) is 0 Å². The molecule has 0 aliphatic rings. The summed E-state index contributed by atoms with van der Waals surface area (Å²) in [6.45, 7) is 0.826. The van der Waals surface area contributed by atoms with Crippen LogP contribution in [-0.4, -0.2) is 37.5 Å². The van der Waals surface area contributed by atoms with Gasteiger partial charge in [0.1, 0.15) is 0 Å². The molecule has 0 amide bonds. The minimum atomic E-state index is -0.394. The molecule has 5 nitrogen and oxygen atoms in total. The molecule has 0 saturated heterocycles. The molecule has 1 aromatic rings. The normalized spacial score (nSPS) is 12.8. The maximum absolute atomic E-state index is 10.6. The second-order valence-electron chi connectivity index (χ2n) is 4.07. The molecule has 1 aromatic carbocycles. The van der Waals surface area contributed by atoms with Crippen molar-refractivity contribution in [3.05, 3.63) is 38.3 Å². The molecule has 1 atom stereocenters. The van der Waals surface area contributed by atoms with Crippen LogP contribution >= 0.6 is 15.9 Å². The minimum absolute atomic E-state index is 0.0975. The summed E-state index contributed by atoms with van der Waals surface area (Å²) in [5.74, 6) is 0. The summed E-state index contributed by atoms with van der Waals surface area (Å²) in [5, 5.41) is 13.8. The predicted molar refractivity (Wildman–Crippen MR) is 71.2 cm³/mol. The third-order valence-electron chi connectivity index (χ3n) is 2.47. The Labute approximate surface area is 109 Å². The summed E-state index contributed by atoms with van der Waals surface area (Å²) in [5.41, 5.74) is 1.12. The average Bonchev–Trinajstić information content (AvgIpc) is 2.25. The Hall–Kier alpha value is -0.980. The molecule has 0 bridgehead atoms. The fraction of sp³-hybridized carbons (Fsp3) is 0.455. The first-order chi connectivity index (χ1) is 7.95. The Kier molecular flexibility index (Phi) is 5.04. The number of nitrogens with zero attached hydrogens (tertiary/aromatic N) is 2. The highest BCUT2D eigenvalue weighted by atomic mass is 79.9. The van der Waals surface area contributed by atoms with Gasteiger partial charge in [-0.3, -0.25) is 10.1 Å². The summed E-state index contributed by atoms with van der Waals surface area (Å²) in [6, 6.07) is 4.99. The minimum Gasteiger partial charge on any atom is -0.312 e. The van der Waals surface area contributed by atoms with Crippen LogP contribution < -0.4 is 5.32 Å². The van der Waals surface area contributed by atoms with Crippen LogP contribution in [0.1, 0.15) is 11.6 Å². The molecule has 0 fully saturated rings. The van der Waals surface area contributed by atoms with Crippen LogP contribution in [0.2, 0.25) is 0 Å². The fourth-order valence-electron chi connectivity index (χ4n) is 1.62. The molecular formula is C11H16BrN3O2. The van der Waals surface area contributed by atoms with Gasteiger partial charge in [-0.1, -0.05) is 15.9 Å². The maximum Gasteiger partial charge on any atom is 0.270 e. The van der Waals surface area contributed by atoms with Crippen LogP contribution in [-0.2, 0) is 0 Å². The molecule has 0 heterocycles. The van der Waals surface area contributed by atoms with Gasteiger partial charge < -0.3 is 10.2 Å². The van der Waals surface area contributed by atoms with E-state index in [1.165, 1.54) is 12.1 Å². The number of benzene rings is 1. The zero-order chi connectivity index (χ0) is 13.0. The molecule has 0 saturated carbocycles. The monoisotopic (exact) mass is 301 g/mol. The molecule has 0 aliphatic carbocycles. The molecule has 6 heteroatoms. The van der Waals surface area contributed by atoms with Gasteiger partial charge in [0.05, 0.1) is 4.92 Å². The molecule has 1 N–H and O–H groups in total. The molecule has 1 rings (SSSR count). The SMILES string of the molecule is CNC(CN(C)C)c1ccc([N+](=O)[O-])cc1Br. The lowest BCUT2D eigenvalue weighted by atomic mass is 10.1. The van der Waals surface area contributed by atoms with Gasteiger partial charge in [0.25, 0.3) is 5.69 Å². The van der Waals surface area contributed by atoms with E-state index < -0.39 is 4.92 Å². The van der Waals surface area contributed by atoms with E-state index in [2.05, 4.69) is 26.1 Å². The third-order valence-corrected chi connectivity index (χ3v) is 3.15. The van der Waals surface area contributed by atoms with E-state index >= 15 is 0 Å². The molecule has 0 aliphatic heterocycles. The first-order valence-corrected chi connectivity index (χ1v) is 6.01. The number of nitro benzene ring substituents is 1. The summed E-state index contributed by atoms with van der Waals surface area (Å²) in [4.78, 5) is 12.3. The predicted octanol–water partition coefficient (Wildman–Crippen LogP) is 2.18. The lowest BCUT2D eigenvalue weighted by Crippen LogP contribution is -2.29. The van der Waals surface area contributed by atoms with Gasteiger partial charge in [-0.05, 0) is 32.8 Å². The Morgan fingerprint density at radius 2 is 2.18 bits per heavy atom. The van der Waals surface area contributed by atoms with Crippen molar-refractivity contribution >= 4 is 21.6 Å². The topological polar surface area (TPSA) is 58.4 Å². The number of nitro groups is 1. The van der Waals surface area contributed by atoms with Gasteiger partial charge in [0, 0.05) is 29.2 Å². The number of nitrogens with one attached hydrogen (secondary N) is 1. The Morgan fingerprint density at radius 3 is 2.59 bits per heavy atom. The molecule has 0 spiro atoms. The van der Waals surface area contributed by atoms with Crippen molar-refractivity contribution in [3.8, 4) is 0 Å². The van der Waals surface area contributed by atoms with E-state index in [0.29, 0.717) is 0 Å². The largest absolute Gasteiger partial charge is 0.312 e. The summed E-state index contributed by atoms with van der Waals surface area (Å²) >= 11 is 3.38. The van der Waals surface area contributed by atoms with E-state index in [9.17, 15) is 10.1 Å². The molecule has 0 aromatic heterocycles. The van der Waals surface area contributed by atoms with Crippen LogP contribution in [0.3, 0.4) is 0 Å². The molecule has 17 heavy (non-hydrogen) atoms. The lowest BCUT2D eigenvalue weighted by Gasteiger charge is -2.21. The van der Waals surface area contributed by atoms with Gasteiger partial charge in [0.2, 0.25) is 0 Å². The van der Waals surface area contributed by atoms with E-state index in [0.717, 1.165) is 16.6 Å². The molecular weight excluding hydrogens is 286 g/mol. The first-order valence-electron chi connectivity index (χ1n) is 5.21. The van der Waals surface area contributed by atoms with Gasteiger partial charge in [-0.15, -0.1) is 0 Å². The number of rotatable bonds is 5. The van der Waals surface area contributed by atoms with Crippen molar-refractivity contribution in [1.82, 2.24) is 10.2 Å². The van der Waals surface area contributed by atoms with Crippen LogP contribution in [0.15, 0.2) is 22.7 Å². The quantitative estimate of drug-likeness (QED) is 0.669. The van der Waals surface area contributed by atoms with Crippen LogP contribution in [0.25, 0.3) is 0 Å². The second-order valence-corrected chi connectivity index (χ2v) is 4.92. The number of hydrogen-bond acceptors (Lipinski definition) is 4. The van der Waals surface area contributed by atoms with Crippen molar-refractivity contribution in [2.45, 2.75) is 6.04 Å². The van der Waals surface area contributed by atoms with E-state index in [-0.39, 0.29) is 11.7 Å². The second kappa shape index (κ2) is 6.09. The van der Waals surface area contributed by atoms with Gasteiger partial charge in [-0.2, -0.15) is 0 Å². The van der Waals surface area contributed by atoms with Crippen LogP contribution in [0, 0.1) is 10.1 Å². The standard InChI is InChI=1S/C11H16BrN3O2/c1-13-11(7-14(2)3)9-5-4-8(15(16)17)6-10(9)12/h4-6,11,13H,7H2,1-3H3. The number of likely N-dealkylation sites (N-methyl/N-ethyl adjacent to an activating group) is 2. The highest BCUT2D eigenvalue weighted by molar-refractivity contribution is 9.10. The highest BCUT2D eigenvalue weighted by Crippen LogP contribution is 2.27. The van der Waals surface area contributed by atoms with E-state index in [1.54, 1.807) is 6.07 Å². The number of non-ortho nitro benzene ring substituents is 1. The summed E-state index contributed by atoms with van der Waals surface area (Å²) in [6.07, 6.45) is 0. The van der Waals surface area contributed by atoms with Gasteiger partial charge >= 0.3 is 0 Å². The zero-order valence-electron chi connectivity index (χ0n) is 10.1. The van der Waals surface area contributed by atoms with Crippen LogP contribution in [0.5, 0.6) is 0 Å². The van der Waals surface area contributed by atoms with Gasteiger partial charge in [-0.25, -0.2) is 0 Å². The number of halogens is 1. The Balaban J connectivity index is 3.00. The van der Waals surface area contributed by atoms with Crippen molar-refractivity contribution in [2.75, 3.05) is 27.7 Å². The molecule has 94 valence electrons. The fourth-order valence-corrected chi connectivity index (χ4v) is 2.27. The Morgan fingerprint density at radius 1 is 1.53 bits per heavy atom. The van der Waals surface area contributed by atoms with E-state index in [4.69, 9.17) is 0 Å². The summed E-state index contributed by atoms with van der Waals surface area (Å²) < 4.78 is 0.757. The average molecular weight is 302 g/mol. The molecule has 0 radical (unpaired) electrons. The first kappa shape index (κ1) is 14.1.